The van der Waals surface area contributed by atoms with Crippen LogP contribution in [0.25, 0.3) is 0 Å². The van der Waals surface area contributed by atoms with E-state index < -0.39 is 0 Å². The highest BCUT2D eigenvalue weighted by Crippen LogP contribution is 2.19. The number of rotatable bonds is 8. The van der Waals surface area contributed by atoms with E-state index in [9.17, 15) is 4.79 Å². The average Bonchev–Trinajstić information content (AvgIpc) is 3.09. The molecule has 0 spiro atoms. The van der Waals surface area contributed by atoms with Crippen molar-refractivity contribution in [1.29, 1.82) is 0 Å². The third-order valence-corrected chi connectivity index (χ3v) is 3.97. The van der Waals surface area contributed by atoms with Crippen LogP contribution in [0.4, 0.5) is 0 Å². The van der Waals surface area contributed by atoms with Crippen LogP contribution in [-0.2, 0) is 11.2 Å². The molecule has 1 aromatic heterocycles. The van der Waals surface area contributed by atoms with Crippen molar-refractivity contribution in [3.05, 3.63) is 36.2 Å². The molecule has 0 aliphatic carbocycles. The topological polar surface area (TPSA) is 81.9 Å². The predicted octanol–water partition coefficient (Wildman–Crippen LogP) is 1.63. The maximum absolute atomic E-state index is 12.5. The van der Waals surface area contributed by atoms with Gasteiger partial charge in [-0.05, 0) is 40.5 Å². The maximum atomic E-state index is 12.5. The maximum Gasteiger partial charge on any atom is 0.245 e. The van der Waals surface area contributed by atoms with Gasteiger partial charge in [0.15, 0.2) is 0 Å². The quantitative estimate of drug-likeness (QED) is 0.800. The number of carbonyl (C=O) groups excluding carboxylic acids is 1. The Kier molecular flexibility index (Phi) is 6.08. The van der Waals surface area contributed by atoms with Crippen LogP contribution in [0, 0.1) is 5.92 Å². The van der Waals surface area contributed by atoms with Gasteiger partial charge in [-0.2, -0.15) is 0 Å². The molecule has 0 saturated heterocycles. The molecule has 7 nitrogen and oxygen atoms in total. The lowest BCUT2D eigenvalue weighted by Gasteiger charge is -2.21. The second-order valence-electron chi connectivity index (χ2n) is 5.51. The molecule has 1 aromatic carbocycles. The Labute approximate surface area is 136 Å². The number of carbonyl (C=O) groups is 1. The van der Waals surface area contributed by atoms with Crippen molar-refractivity contribution in [3.8, 4) is 5.75 Å². The minimum absolute atomic E-state index is 0.0554. The summed E-state index contributed by atoms with van der Waals surface area (Å²) in [5.74, 6) is 0.924. The number of tetrazole rings is 1. The number of ether oxygens (including phenoxy) is 1. The van der Waals surface area contributed by atoms with E-state index in [1.54, 1.807) is 7.11 Å². The van der Waals surface area contributed by atoms with Gasteiger partial charge < -0.3 is 10.1 Å². The highest BCUT2D eigenvalue weighted by Gasteiger charge is 2.26. The Morgan fingerprint density at radius 3 is 2.65 bits per heavy atom. The van der Waals surface area contributed by atoms with Crippen LogP contribution in [0.2, 0.25) is 0 Å². The minimum atomic E-state index is -0.383. The SMILES string of the molecule is CC[C@H](C)[C@@H](C(=O)NCCc1ccc(OC)cc1)n1cnnn1. The molecule has 0 fully saturated rings. The van der Waals surface area contributed by atoms with Crippen LogP contribution in [-0.4, -0.2) is 39.8 Å². The first kappa shape index (κ1) is 16.9. The Bertz CT molecular complexity index is 597. The average molecular weight is 317 g/mol. The lowest BCUT2D eigenvalue weighted by molar-refractivity contribution is -0.126. The molecule has 2 atom stereocenters. The van der Waals surface area contributed by atoms with Crippen LogP contribution in [0.3, 0.4) is 0 Å². The molecule has 0 bridgehead atoms. The van der Waals surface area contributed by atoms with Gasteiger partial charge in [-0.1, -0.05) is 32.4 Å². The lowest BCUT2D eigenvalue weighted by atomic mass is 9.98. The van der Waals surface area contributed by atoms with Crippen LogP contribution in [0.1, 0.15) is 31.9 Å². The van der Waals surface area contributed by atoms with E-state index in [0.29, 0.717) is 6.54 Å². The summed E-state index contributed by atoms with van der Waals surface area (Å²) in [5.41, 5.74) is 1.15. The number of amides is 1. The van der Waals surface area contributed by atoms with Crippen LogP contribution in [0.15, 0.2) is 30.6 Å². The highest BCUT2D eigenvalue weighted by atomic mass is 16.5. The summed E-state index contributed by atoms with van der Waals surface area (Å²) < 4.78 is 6.66. The van der Waals surface area contributed by atoms with E-state index in [1.807, 2.05) is 38.1 Å². The van der Waals surface area contributed by atoms with Gasteiger partial charge in [0.05, 0.1) is 7.11 Å². The summed E-state index contributed by atoms with van der Waals surface area (Å²) in [4.78, 5) is 12.5. The predicted molar refractivity (Wildman–Crippen MR) is 86.0 cm³/mol. The first-order chi connectivity index (χ1) is 11.2. The summed E-state index contributed by atoms with van der Waals surface area (Å²) in [6.45, 7) is 4.64. The summed E-state index contributed by atoms with van der Waals surface area (Å²) in [7, 11) is 1.64. The number of hydrogen-bond donors (Lipinski definition) is 1. The van der Waals surface area contributed by atoms with Crippen molar-refractivity contribution in [2.45, 2.75) is 32.7 Å². The van der Waals surface area contributed by atoms with Gasteiger partial charge in [-0.15, -0.1) is 5.10 Å². The Morgan fingerprint density at radius 2 is 2.09 bits per heavy atom. The van der Waals surface area contributed by atoms with Gasteiger partial charge >= 0.3 is 0 Å². The summed E-state index contributed by atoms with van der Waals surface area (Å²) in [5, 5.41) is 14.1. The van der Waals surface area contributed by atoms with Gasteiger partial charge in [0.2, 0.25) is 5.91 Å². The third-order valence-electron chi connectivity index (χ3n) is 3.97. The van der Waals surface area contributed by atoms with Crippen molar-refractivity contribution in [3.63, 3.8) is 0 Å². The van der Waals surface area contributed by atoms with Crippen molar-refractivity contribution in [1.82, 2.24) is 25.5 Å². The number of methoxy groups -OCH3 is 1. The Hall–Kier alpha value is -2.44. The molecule has 0 unspecified atom stereocenters. The van der Waals surface area contributed by atoms with E-state index in [4.69, 9.17) is 4.74 Å². The minimum Gasteiger partial charge on any atom is -0.497 e. The first-order valence-electron chi connectivity index (χ1n) is 7.78. The molecule has 0 aliphatic heterocycles. The molecule has 0 aliphatic rings. The zero-order valence-electron chi connectivity index (χ0n) is 13.8. The monoisotopic (exact) mass is 317 g/mol. The van der Waals surface area contributed by atoms with Crippen molar-refractivity contribution in [2.75, 3.05) is 13.7 Å². The van der Waals surface area contributed by atoms with Crippen LogP contribution in [0.5, 0.6) is 5.75 Å². The normalized spacial score (nSPS) is 13.3. The zero-order chi connectivity index (χ0) is 16.7. The summed E-state index contributed by atoms with van der Waals surface area (Å²) >= 11 is 0. The smallest absolute Gasteiger partial charge is 0.245 e. The number of aromatic nitrogens is 4. The van der Waals surface area contributed by atoms with Gasteiger partial charge in [-0.3, -0.25) is 4.79 Å². The van der Waals surface area contributed by atoms with E-state index in [0.717, 1.165) is 24.2 Å². The Morgan fingerprint density at radius 1 is 1.35 bits per heavy atom. The van der Waals surface area contributed by atoms with Gasteiger partial charge in [0, 0.05) is 6.54 Å². The van der Waals surface area contributed by atoms with E-state index >= 15 is 0 Å². The van der Waals surface area contributed by atoms with Gasteiger partial charge in [0.1, 0.15) is 18.1 Å². The number of hydrogen-bond acceptors (Lipinski definition) is 5. The molecule has 2 rings (SSSR count). The molecule has 1 heterocycles. The summed E-state index contributed by atoms with van der Waals surface area (Å²) in [6.07, 6.45) is 3.12. The molecule has 124 valence electrons. The van der Waals surface area contributed by atoms with Crippen LogP contribution >= 0.6 is 0 Å². The molecule has 0 saturated carbocycles. The van der Waals surface area contributed by atoms with E-state index in [1.165, 1.54) is 11.0 Å². The molecule has 1 amide bonds. The Balaban J connectivity index is 1.91. The number of nitrogens with one attached hydrogen (secondary N) is 1. The molecular formula is C16H23N5O2. The second kappa shape index (κ2) is 8.26. The fourth-order valence-corrected chi connectivity index (χ4v) is 2.39. The summed E-state index contributed by atoms with van der Waals surface area (Å²) in [6, 6.07) is 7.45. The van der Waals surface area contributed by atoms with Crippen molar-refractivity contribution in [2.24, 2.45) is 5.92 Å². The largest absolute Gasteiger partial charge is 0.497 e. The van der Waals surface area contributed by atoms with Crippen molar-refractivity contribution < 1.29 is 9.53 Å². The van der Waals surface area contributed by atoms with E-state index in [2.05, 4.69) is 20.8 Å². The zero-order valence-corrected chi connectivity index (χ0v) is 13.8. The standard InChI is InChI=1S/C16H23N5O2/c1-4-12(2)15(21-11-18-19-20-21)16(22)17-10-9-13-5-7-14(23-3)8-6-13/h5-8,11-12,15H,4,9-10H2,1-3H3,(H,17,22)/t12-,15-/m0/s1. The van der Waals surface area contributed by atoms with Gasteiger partial charge in [0.25, 0.3) is 0 Å². The molecular weight excluding hydrogens is 294 g/mol. The molecule has 23 heavy (non-hydrogen) atoms. The third kappa shape index (κ3) is 4.51. The van der Waals surface area contributed by atoms with Crippen molar-refractivity contribution >= 4 is 5.91 Å². The fraction of sp³-hybridized carbons (Fsp3) is 0.500. The fourth-order valence-electron chi connectivity index (χ4n) is 2.39. The van der Waals surface area contributed by atoms with Crippen LogP contribution < -0.4 is 10.1 Å². The second-order valence-corrected chi connectivity index (χ2v) is 5.51. The molecule has 7 heteroatoms. The lowest BCUT2D eigenvalue weighted by Crippen LogP contribution is -2.37. The molecule has 0 radical (unpaired) electrons. The molecule has 2 aromatic rings. The first-order valence-corrected chi connectivity index (χ1v) is 7.78. The highest BCUT2D eigenvalue weighted by molar-refractivity contribution is 5.80. The van der Waals surface area contributed by atoms with Gasteiger partial charge in [-0.25, -0.2) is 4.68 Å². The number of benzene rings is 1. The number of nitrogens with zero attached hydrogens (tertiary/aromatic N) is 4. The van der Waals surface area contributed by atoms with E-state index in [-0.39, 0.29) is 17.9 Å². The molecule has 1 N–H and O–H groups in total.